The first-order valence-electron chi connectivity index (χ1n) is 7.17. The van der Waals surface area contributed by atoms with Crippen LogP contribution in [-0.2, 0) is 17.7 Å². The predicted octanol–water partition coefficient (Wildman–Crippen LogP) is 3.09. The van der Waals surface area contributed by atoms with Gasteiger partial charge in [0.05, 0.1) is 5.69 Å². The number of carbonyl (C=O) groups is 1. The van der Waals surface area contributed by atoms with Gasteiger partial charge in [0.2, 0.25) is 0 Å². The number of amides is 1. The van der Waals surface area contributed by atoms with Crippen LogP contribution in [0.3, 0.4) is 0 Å². The summed E-state index contributed by atoms with van der Waals surface area (Å²) >= 11 is 0. The third-order valence-electron chi connectivity index (χ3n) is 3.26. The lowest BCUT2D eigenvalue weighted by Gasteiger charge is -2.32. The normalized spacial score (nSPS) is 14.9. The van der Waals surface area contributed by atoms with Crippen molar-refractivity contribution in [1.29, 1.82) is 0 Å². The minimum atomic E-state index is -0.458. The molecule has 1 aliphatic heterocycles. The van der Waals surface area contributed by atoms with Gasteiger partial charge in [0.15, 0.2) is 0 Å². The van der Waals surface area contributed by atoms with Crippen molar-refractivity contribution < 1.29 is 9.53 Å². The average Bonchev–Trinajstić information content (AvgIpc) is 2.36. The zero-order chi connectivity index (χ0) is 14.8. The Bertz CT molecular complexity index is 492. The number of fused-ring (bicyclic) bond motifs is 1. The minimum absolute atomic E-state index is 0.250. The molecule has 1 aromatic rings. The number of rotatable bonds is 2. The van der Waals surface area contributed by atoms with Gasteiger partial charge in [-0.25, -0.2) is 4.79 Å². The Labute approximate surface area is 121 Å². The van der Waals surface area contributed by atoms with Gasteiger partial charge in [0.25, 0.3) is 0 Å². The summed E-state index contributed by atoms with van der Waals surface area (Å²) in [4.78, 5) is 14.0. The SMILES string of the molecule is CNCc1ccc2c(c1)CCCN2C(=O)OC(C)(C)C. The second-order valence-electron chi connectivity index (χ2n) is 6.23. The molecule has 0 bridgehead atoms. The molecule has 4 nitrogen and oxygen atoms in total. The Hall–Kier alpha value is -1.55. The van der Waals surface area contributed by atoms with Crippen LogP contribution in [-0.4, -0.2) is 25.3 Å². The molecule has 0 saturated carbocycles. The van der Waals surface area contributed by atoms with Gasteiger partial charge in [-0.2, -0.15) is 0 Å². The molecular formula is C16H24N2O2. The standard InChI is InChI=1S/C16H24N2O2/c1-16(2,3)20-15(19)18-9-5-6-13-10-12(11-17-4)7-8-14(13)18/h7-8,10,17H,5-6,9,11H2,1-4H3. The molecule has 0 aromatic heterocycles. The van der Waals surface area contributed by atoms with Crippen molar-refractivity contribution in [2.75, 3.05) is 18.5 Å². The van der Waals surface area contributed by atoms with E-state index in [1.807, 2.05) is 33.9 Å². The van der Waals surface area contributed by atoms with Gasteiger partial charge in [-0.1, -0.05) is 12.1 Å². The first-order valence-corrected chi connectivity index (χ1v) is 7.17. The van der Waals surface area contributed by atoms with Crippen molar-refractivity contribution in [3.63, 3.8) is 0 Å². The van der Waals surface area contributed by atoms with Crippen LogP contribution < -0.4 is 10.2 Å². The summed E-state index contributed by atoms with van der Waals surface area (Å²) in [6.45, 7) is 7.26. The summed E-state index contributed by atoms with van der Waals surface area (Å²) in [5.74, 6) is 0. The van der Waals surface area contributed by atoms with Gasteiger partial charge in [-0.15, -0.1) is 0 Å². The molecule has 1 heterocycles. The summed E-state index contributed by atoms with van der Waals surface area (Å²) in [5, 5.41) is 3.15. The minimum Gasteiger partial charge on any atom is -0.443 e. The lowest BCUT2D eigenvalue weighted by molar-refractivity contribution is 0.0578. The molecule has 0 atom stereocenters. The monoisotopic (exact) mass is 276 g/mol. The highest BCUT2D eigenvalue weighted by molar-refractivity contribution is 5.89. The van der Waals surface area contributed by atoms with E-state index in [4.69, 9.17) is 4.74 Å². The third kappa shape index (κ3) is 3.51. The van der Waals surface area contributed by atoms with Crippen LogP contribution in [0, 0.1) is 0 Å². The van der Waals surface area contributed by atoms with E-state index in [2.05, 4.69) is 17.4 Å². The van der Waals surface area contributed by atoms with E-state index in [0.717, 1.165) is 31.6 Å². The Balaban J connectivity index is 2.22. The van der Waals surface area contributed by atoms with Crippen LogP contribution in [0.2, 0.25) is 0 Å². The van der Waals surface area contributed by atoms with E-state index in [0.29, 0.717) is 0 Å². The highest BCUT2D eigenvalue weighted by atomic mass is 16.6. The maximum Gasteiger partial charge on any atom is 0.414 e. The molecule has 0 aliphatic carbocycles. The van der Waals surface area contributed by atoms with Crippen LogP contribution in [0.15, 0.2) is 18.2 Å². The molecule has 0 saturated heterocycles. The van der Waals surface area contributed by atoms with Crippen LogP contribution in [0.4, 0.5) is 10.5 Å². The second-order valence-corrected chi connectivity index (χ2v) is 6.23. The van der Waals surface area contributed by atoms with E-state index in [1.165, 1.54) is 11.1 Å². The molecule has 2 rings (SSSR count). The van der Waals surface area contributed by atoms with E-state index < -0.39 is 5.60 Å². The van der Waals surface area contributed by atoms with Gasteiger partial charge < -0.3 is 10.1 Å². The molecule has 4 heteroatoms. The fourth-order valence-electron chi connectivity index (χ4n) is 2.47. The van der Waals surface area contributed by atoms with Gasteiger partial charge in [0, 0.05) is 13.1 Å². The summed E-state index contributed by atoms with van der Waals surface area (Å²) in [7, 11) is 1.94. The number of ether oxygens (including phenoxy) is 1. The second kappa shape index (κ2) is 5.83. The van der Waals surface area contributed by atoms with E-state index in [-0.39, 0.29) is 6.09 Å². The van der Waals surface area contributed by atoms with E-state index >= 15 is 0 Å². The number of hydrogen-bond acceptors (Lipinski definition) is 3. The van der Waals surface area contributed by atoms with Crippen molar-refractivity contribution in [2.45, 2.75) is 45.8 Å². The average molecular weight is 276 g/mol. The van der Waals surface area contributed by atoms with Crippen molar-refractivity contribution in [3.8, 4) is 0 Å². The number of carbonyl (C=O) groups excluding carboxylic acids is 1. The molecule has 1 N–H and O–H groups in total. The zero-order valence-electron chi connectivity index (χ0n) is 12.8. The molecule has 0 unspecified atom stereocenters. The molecule has 1 amide bonds. The third-order valence-corrected chi connectivity index (χ3v) is 3.26. The lowest BCUT2D eigenvalue weighted by Crippen LogP contribution is -2.39. The first kappa shape index (κ1) is 14.9. The van der Waals surface area contributed by atoms with Crippen molar-refractivity contribution >= 4 is 11.8 Å². The number of nitrogens with zero attached hydrogens (tertiary/aromatic N) is 1. The molecular weight excluding hydrogens is 252 g/mol. The van der Waals surface area contributed by atoms with Crippen molar-refractivity contribution in [2.24, 2.45) is 0 Å². The molecule has 20 heavy (non-hydrogen) atoms. The van der Waals surface area contributed by atoms with Crippen LogP contribution in [0.5, 0.6) is 0 Å². The van der Waals surface area contributed by atoms with Crippen LogP contribution in [0.25, 0.3) is 0 Å². The van der Waals surface area contributed by atoms with Gasteiger partial charge in [-0.3, -0.25) is 4.90 Å². The number of nitrogens with one attached hydrogen (secondary N) is 1. The quantitative estimate of drug-likeness (QED) is 0.902. The highest BCUT2D eigenvalue weighted by Crippen LogP contribution is 2.29. The Morgan fingerprint density at radius 1 is 1.40 bits per heavy atom. The summed E-state index contributed by atoms with van der Waals surface area (Å²) in [6, 6.07) is 6.28. The summed E-state index contributed by atoms with van der Waals surface area (Å²) in [6.07, 6.45) is 1.75. The van der Waals surface area contributed by atoms with Crippen molar-refractivity contribution in [3.05, 3.63) is 29.3 Å². The topological polar surface area (TPSA) is 41.6 Å². The Kier molecular flexibility index (Phi) is 4.33. The zero-order valence-corrected chi connectivity index (χ0v) is 12.8. The van der Waals surface area contributed by atoms with Gasteiger partial charge >= 0.3 is 6.09 Å². The summed E-state index contributed by atoms with van der Waals surface area (Å²) < 4.78 is 5.49. The number of aryl methyl sites for hydroxylation is 1. The van der Waals surface area contributed by atoms with Gasteiger partial charge in [0.1, 0.15) is 5.60 Å². The highest BCUT2D eigenvalue weighted by Gasteiger charge is 2.27. The predicted molar refractivity (Wildman–Crippen MR) is 81.1 cm³/mol. The number of hydrogen-bond donors (Lipinski definition) is 1. The van der Waals surface area contributed by atoms with E-state index in [1.54, 1.807) is 4.90 Å². The van der Waals surface area contributed by atoms with Crippen LogP contribution >= 0.6 is 0 Å². The fraction of sp³-hybridized carbons (Fsp3) is 0.562. The molecule has 1 aromatic carbocycles. The Morgan fingerprint density at radius 2 is 2.15 bits per heavy atom. The largest absolute Gasteiger partial charge is 0.443 e. The van der Waals surface area contributed by atoms with E-state index in [9.17, 15) is 4.79 Å². The maximum atomic E-state index is 12.3. The molecule has 0 spiro atoms. The molecule has 0 radical (unpaired) electrons. The lowest BCUT2D eigenvalue weighted by atomic mass is 9.99. The smallest absolute Gasteiger partial charge is 0.414 e. The summed E-state index contributed by atoms with van der Waals surface area (Å²) in [5.41, 5.74) is 3.01. The van der Waals surface area contributed by atoms with Crippen LogP contribution in [0.1, 0.15) is 38.3 Å². The Morgan fingerprint density at radius 3 is 2.80 bits per heavy atom. The fourth-order valence-corrected chi connectivity index (χ4v) is 2.47. The maximum absolute atomic E-state index is 12.3. The van der Waals surface area contributed by atoms with Gasteiger partial charge in [-0.05, 0) is 57.9 Å². The molecule has 0 fully saturated rings. The van der Waals surface area contributed by atoms with Crippen molar-refractivity contribution in [1.82, 2.24) is 5.32 Å². The number of anilines is 1. The number of benzene rings is 1. The molecule has 110 valence electrons. The molecule has 1 aliphatic rings. The first-order chi connectivity index (χ1) is 9.40.